The van der Waals surface area contributed by atoms with E-state index in [1.165, 1.54) is 12.1 Å². The maximum absolute atomic E-state index is 13.4. The van der Waals surface area contributed by atoms with Crippen LogP contribution in [0.25, 0.3) is 32.1 Å². The molecular weight excluding hydrogens is 369 g/mol. The Balaban J connectivity index is 1.71. The average molecular weight is 385 g/mol. The first kappa shape index (κ1) is 16.8. The van der Waals surface area contributed by atoms with Crippen LogP contribution in [0.2, 0.25) is 0 Å². The zero-order valence-corrected chi connectivity index (χ0v) is 15.9. The maximum atomic E-state index is 13.4. The van der Waals surface area contributed by atoms with E-state index in [1.54, 1.807) is 29.8 Å². The van der Waals surface area contributed by atoms with Gasteiger partial charge in [0.05, 0.1) is 5.39 Å². The molecule has 3 aromatic carbocycles. The Morgan fingerprint density at radius 3 is 2.54 bits per heavy atom. The first-order valence-electron chi connectivity index (χ1n) is 8.95. The molecule has 0 bridgehead atoms. The van der Waals surface area contributed by atoms with Crippen LogP contribution in [0, 0.1) is 12.7 Å². The summed E-state index contributed by atoms with van der Waals surface area (Å²) in [6.45, 7) is 2.06. The van der Waals surface area contributed by atoms with Crippen molar-refractivity contribution in [2.75, 3.05) is 5.32 Å². The van der Waals surface area contributed by atoms with Crippen molar-refractivity contribution in [1.29, 1.82) is 0 Å². The van der Waals surface area contributed by atoms with Gasteiger partial charge in [0, 0.05) is 21.5 Å². The molecule has 136 valence electrons. The van der Waals surface area contributed by atoms with Crippen molar-refractivity contribution < 1.29 is 4.39 Å². The Hall–Kier alpha value is -3.31. The van der Waals surface area contributed by atoms with Gasteiger partial charge in [-0.15, -0.1) is 11.3 Å². The third-order valence-corrected chi connectivity index (χ3v) is 5.85. The minimum Gasteiger partial charge on any atom is -0.339 e. The van der Waals surface area contributed by atoms with Gasteiger partial charge in [0.2, 0.25) is 0 Å². The van der Waals surface area contributed by atoms with Gasteiger partial charge in [0.15, 0.2) is 0 Å². The summed E-state index contributed by atoms with van der Waals surface area (Å²) >= 11 is 1.62. The predicted octanol–water partition coefficient (Wildman–Crippen LogP) is 6.70. The number of fused-ring (bicyclic) bond motifs is 2. The summed E-state index contributed by atoms with van der Waals surface area (Å²) in [6.07, 6.45) is 1.58. The summed E-state index contributed by atoms with van der Waals surface area (Å²) in [6, 6.07) is 21.0. The number of aromatic nitrogens is 2. The first-order chi connectivity index (χ1) is 13.7. The summed E-state index contributed by atoms with van der Waals surface area (Å²) in [7, 11) is 0. The summed E-state index contributed by atoms with van der Waals surface area (Å²) in [4.78, 5) is 11.0. The second kappa shape index (κ2) is 6.69. The van der Waals surface area contributed by atoms with Gasteiger partial charge in [-0.25, -0.2) is 14.4 Å². The number of thiophene rings is 1. The smallest absolute Gasteiger partial charge is 0.143 e. The van der Waals surface area contributed by atoms with E-state index in [1.807, 2.05) is 24.3 Å². The Kier molecular flexibility index (Phi) is 4.02. The van der Waals surface area contributed by atoms with Crippen molar-refractivity contribution in [3.05, 3.63) is 83.8 Å². The number of benzene rings is 3. The average Bonchev–Trinajstić information content (AvgIpc) is 3.06. The highest BCUT2D eigenvalue weighted by atomic mass is 32.1. The molecule has 0 aliphatic rings. The Morgan fingerprint density at radius 1 is 0.893 bits per heavy atom. The van der Waals surface area contributed by atoms with Gasteiger partial charge in [-0.2, -0.15) is 0 Å². The number of rotatable bonds is 3. The first-order valence-corrected chi connectivity index (χ1v) is 9.77. The molecule has 0 saturated heterocycles. The quantitative estimate of drug-likeness (QED) is 0.375. The molecule has 0 aliphatic heterocycles. The van der Waals surface area contributed by atoms with Gasteiger partial charge in [0.1, 0.15) is 22.8 Å². The van der Waals surface area contributed by atoms with Gasteiger partial charge < -0.3 is 5.32 Å². The van der Waals surface area contributed by atoms with Crippen LogP contribution in [0.4, 0.5) is 15.9 Å². The highest BCUT2D eigenvalue weighted by molar-refractivity contribution is 7.19. The molecule has 3 nitrogen and oxygen atoms in total. The lowest BCUT2D eigenvalue weighted by Gasteiger charge is -2.11. The summed E-state index contributed by atoms with van der Waals surface area (Å²) in [5.74, 6) is 0.510. The Bertz CT molecular complexity index is 1300. The van der Waals surface area contributed by atoms with Gasteiger partial charge >= 0.3 is 0 Å². The number of halogens is 1. The van der Waals surface area contributed by atoms with E-state index in [4.69, 9.17) is 0 Å². The molecule has 0 radical (unpaired) electrons. The standard InChI is InChI=1S/C23H16FN3S/c1-14-20(16-9-11-17(24)12-10-16)21-22(25-13-26-23(21)28-14)27-19-8-4-6-15-5-2-3-7-18(15)19/h2-13H,1H3,(H,25,26,27). The second-order valence-corrected chi connectivity index (χ2v) is 7.80. The largest absolute Gasteiger partial charge is 0.339 e. The number of hydrogen-bond donors (Lipinski definition) is 1. The molecule has 5 aromatic rings. The van der Waals surface area contributed by atoms with Gasteiger partial charge in [-0.1, -0.05) is 48.5 Å². The van der Waals surface area contributed by atoms with Crippen LogP contribution >= 0.6 is 11.3 Å². The van der Waals surface area contributed by atoms with E-state index < -0.39 is 0 Å². The van der Waals surface area contributed by atoms with E-state index in [9.17, 15) is 4.39 Å². The normalized spacial score (nSPS) is 11.2. The number of hydrogen-bond acceptors (Lipinski definition) is 4. The van der Waals surface area contributed by atoms with E-state index in [-0.39, 0.29) is 5.82 Å². The molecule has 0 fully saturated rings. The van der Waals surface area contributed by atoms with Crippen LogP contribution in [0.3, 0.4) is 0 Å². The topological polar surface area (TPSA) is 37.8 Å². The Labute approximate surface area is 165 Å². The summed E-state index contributed by atoms with van der Waals surface area (Å²) < 4.78 is 13.4. The van der Waals surface area contributed by atoms with Crippen molar-refractivity contribution in [2.24, 2.45) is 0 Å². The van der Waals surface area contributed by atoms with Gasteiger partial charge in [-0.05, 0) is 36.1 Å². The van der Waals surface area contributed by atoms with Crippen molar-refractivity contribution in [1.82, 2.24) is 9.97 Å². The fourth-order valence-corrected chi connectivity index (χ4v) is 4.58. The molecule has 0 amide bonds. The highest BCUT2D eigenvalue weighted by Crippen LogP contribution is 2.41. The molecule has 0 atom stereocenters. The second-order valence-electron chi connectivity index (χ2n) is 6.59. The monoisotopic (exact) mass is 385 g/mol. The molecule has 0 spiro atoms. The molecule has 1 N–H and O–H groups in total. The molecule has 0 saturated carbocycles. The number of anilines is 2. The number of nitrogens with one attached hydrogen (secondary N) is 1. The number of nitrogens with zero attached hydrogens (tertiary/aromatic N) is 2. The SMILES string of the molecule is Cc1sc2ncnc(Nc3cccc4ccccc34)c2c1-c1ccc(F)cc1. The van der Waals surface area contributed by atoms with Gasteiger partial charge in [-0.3, -0.25) is 0 Å². The van der Waals surface area contributed by atoms with Crippen molar-refractivity contribution in [2.45, 2.75) is 6.92 Å². The minimum atomic E-state index is -0.244. The maximum Gasteiger partial charge on any atom is 0.143 e. The lowest BCUT2D eigenvalue weighted by Crippen LogP contribution is -1.96. The fourth-order valence-electron chi connectivity index (χ4n) is 3.57. The molecule has 2 aromatic heterocycles. The van der Waals surface area contributed by atoms with Crippen molar-refractivity contribution >= 4 is 43.8 Å². The van der Waals surface area contributed by atoms with E-state index in [0.717, 1.165) is 48.5 Å². The van der Waals surface area contributed by atoms with Crippen LogP contribution in [0.5, 0.6) is 0 Å². The summed E-state index contributed by atoms with van der Waals surface area (Å²) in [5, 5.41) is 6.77. The molecule has 2 heterocycles. The molecule has 5 rings (SSSR count). The van der Waals surface area contributed by atoms with Crippen LogP contribution < -0.4 is 5.32 Å². The summed E-state index contributed by atoms with van der Waals surface area (Å²) in [5.41, 5.74) is 3.00. The van der Waals surface area contributed by atoms with E-state index >= 15 is 0 Å². The van der Waals surface area contributed by atoms with E-state index in [2.05, 4.69) is 40.4 Å². The Morgan fingerprint density at radius 2 is 1.68 bits per heavy atom. The van der Waals surface area contributed by atoms with Crippen LogP contribution in [-0.2, 0) is 0 Å². The third-order valence-electron chi connectivity index (χ3n) is 4.84. The fraction of sp³-hybridized carbons (Fsp3) is 0.0435. The zero-order chi connectivity index (χ0) is 19.1. The molecule has 0 unspecified atom stereocenters. The van der Waals surface area contributed by atoms with Crippen molar-refractivity contribution in [3.8, 4) is 11.1 Å². The van der Waals surface area contributed by atoms with Crippen LogP contribution in [0.1, 0.15) is 4.88 Å². The minimum absolute atomic E-state index is 0.244. The van der Waals surface area contributed by atoms with E-state index in [0.29, 0.717) is 0 Å². The molecule has 28 heavy (non-hydrogen) atoms. The third kappa shape index (κ3) is 2.80. The van der Waals surface area contributed by atoms with Crippen LogP contribution in [0.15, 0.2) is 73.1 Å². The molecular formula is C23H16FN3S. The van der Waals surface area contributed by atoms with Crippen molar-refractivity contribution in [3.63, 3.8) is 0 Å². The zero-order valence-electron chi connectivity index (χ0n) is 15.1. The lowest BCUT2D eigenvalue weighted by molar-refractivity contribution is 0.628. The molecule has 0 aliphatic carbocycles. The van der Waals surface area contributed by atoms with Gasteiger partial charge in [0.25, 0.3) is 0 Å². The lowest BCUT2D eigenvalue weighted by atomic mass is 10.0. The number of aryl methyl sites for hydroxylation is 1. The predicted molar refractivity (Wildman–Crippen MR) is 115 cm³/mol. The highest BCUT2D eigenvalue weighted by Gasteiger charge is 2.17. The molecule has 5 heteroatoms. The van der Waals surface area contributed by atoms with Crippen LogP contribution in [-0.4, -0.2) is 9.97 Å².